The van der Waals surface area contributed by atoms with Crippen molar-refractivity contribution in [3.8, 4) is 0 Å². The number of methoxy groups -OCH3 is 2. The number of esters is 2. The van der Waals surface area contributed by atoms with Crippen molar-refractivity contribution in [2.45, 2.75) is 0 Å². The number of nitro groups is 1. The van der Waals surface area contributed by atoms with E-state index in [2.05, 4.69) is 14.5 Å². The average molecular weight is 255 g/mol. The summed E-state index contributed by atoms with van der Waals surface area (Å²) in [5, 5.41) is 10.7. The minimum Gasteiger partial charge on any atom is -0.466 e. The van der Waals surface area contributed by atoms with Crippen molar-refractivity contribution in [1.82, 2.24) is 9.55 Å². The molecule has 9 nitrogen and oxygen atoms in total. The van der Waals surface area contributed by atoms with Gasteiger partial charge in [0, 0.05) is 0 Å². The third kappa shape index (κ3) is 2.70. The van der Waals surface area contributed by atoms with Gasteiger partial charge in [-0.15, -0.1) is 0 Å². The SMILES string of the molecule is COC(=O)/C=C(/C(=O)OC)n1ccnc1[N+](=O)[O-]. The third-order valence-electron chi connectivity index (χ3n) is 1.89. The Balaban J connectivity index is 3.31. The standard InChI is InChI=1S/C9H9N3O6/c1-17-7(13)5-6(8(14)18-2)11-4-3-10-9(11)12(15)16/h3-5H,1-2H3/b6-5-. The number of carbonyl (C=O) groups is 2. The average Bonchev–Trinajstić information content (AvgIpc) is 2.83. The molecule has 1 rings (SSSR count). The lowest BCUT2D eigenvalue weighted by Gasteiger charge is -2.04. The molecule has 0 aliphatic carbocycles. The third-order valence-corrected chi connectivity index (χ3v) is 1.89. The van der Waals surface area contributed by atoms with E-state index in [1.54, 1.807) is 0 Å². The van der Waals surface area contributed by atoms with Crippen molar-refractivity contribution in [2.24, 2.45) is 0 Å². The summed E-state index contributed by atoms with van der Waals surface area (Å²) in [7, 11) is 2.19. The molecular formula is C9H9N3O6. The van der Waals surface area contributed by atoms with Gasteiger partial charge < -0.3 is 19.6 Å². The molecule has 1 aromatic rings. The first-order chi connectivity index (χ1) is 8.51. The maximum Gasteiger partial charge on any atom is 0.439 e. The van der Waals surface area contributed by atoms with Crippen LogP contribution in [0.2, 0.25) is 0 Å². The molecule has 0 unspecified atom stereocenters. The number of rotatable bonds is 4. The second-order valence-corrected chi connectivity index (χ2v) is 2.90. The van der Waals surface area contributed by atoms with Gasteiger partial charge in [0.25, 0.3) is 0 Å². The molecule has 96 valence electrons. The maximum absolute atomic E-state index is 11.5. The molecule has 0 bridgehead atoms. The summed E-state index contributed by atoms with van der Waals surface area (Å²) in [5.41, 5.74) is -0.367. The highest BCUT2D eigenvalue weighted by Crippen LogP contribution is 2.16. The van der Waals surface area contributed by atoms with Crippen molar-refractivity contribution < 1.29 is 24.0 Å². The molecule has 0 aliphatic rings. The molecule has 0 saturated carbocycles. The zero-order valence-electron chi connectivity index (χ0n) is 9.52. The van der Waals surface area contributed by atoms with Crippen molar-refractivity contribution in [3.05, 3.63) is 28.6 Å². The molecule has 0 radical (unpaired) electrons. The summed E-state index contributed by atoms with van der Waals surface area (Å²) < 4.78 is 9.60. The molecule has 0 spiro atoms. The molecule has 0 aromatic carbocycles. The second kappa shape index (κ2) is 5.57. The van der Waals surface area contributed by atoms with E-state index >= 15 is 0 Å². The van der Waals surface area contributed by atoms with E-state index < -0.39 is 22.8 Å². The van der Waals surface area contributed by atoms with Gasteiger partial charge in [-0.1, -0.05) is 4.98 Å². The molecule has 1 aromatic heterocycles. The van der Waals surface area contributed by atoms with E-state index in [0.29, 0.717) is 0 Å². The molecule has 9 heteroatoms. The van der Waals surface area contributed by atoms with Crippen LogP contribution < -0.4 is 0 Å². The van der Waals surface area contributed by atoms with Crippen LogP contribution in [0.3, 0.4) is 0 Å². The molecule has 0 fully saturated rings. The topological polar surface area (TPSA) is 114 Å². The zero-order chi connectivity index (χ0) is 13.7. The van der Waals surface area contributed by atoms with Gasteiger partial charge in [-0.3, -0.25) is 0 Å². The monoisotopic (exact) mass is 255 g/mol. The number of imidazole rings is 1. The molecule has 0 atom stereocenters. The van der Waals surface area contributed by atoms with E-state index in [1.807, 2.05) is 0 Å². The Labute approximate surface area is 101 Å². The molecule has 0 aliphatic heterocycles. The minimum atomic E-state index is -0.929. The predicted octanol–water partition coefficient (Wildman–Crippen LogP) is -0.0218. The Bertz CT molecular complexity index is 518. The van der Waals surface area contributed by atoms with Crippen LogP contribution in [0.4, 0.5) is 5.95 Å². The van der Waals surface area contributed by atoms with Gasteiger partial charge in [0.2, 0.25) is 0 Å². The van der Waals surface area contributed by atoms with E-state index in [-0.39, 0.29) is 5.70 Å². The Morgan fingerprint density at radius 3 is 2.61 bits per heavy atom. The number of hydrogen-bond donors (Lipinski definition) is 0. The summed E-state index contributed by atoms with van der Waals surface area (Å²) in [4.78, 5) is 35.9. The summed E-state index contributed by atoms with van der Waals surface area (Å²) in [5.74, 6) is -2.39. The van der Waals surface area contributed by atoms with Crippen LogP contribution in [0.25, 0.3) is 5.70 Å². The van der Waals surface area contributed by atoms with Crippen molar-refractivity contribution in [3.63, 3.8) is 0 Å². The fourth-order valence-electron chi connectivity index (χ4n) is 1.12. The first kappa shape index (κ1) is 13.4. The van der Waals surface area contributed by atoms with Crippen LogP contribution in [0.15, 0.2) is 18.5 Å². The molecule has 0 saturated heterocycles. The molecule has 1 heterocycles. The Morgan fingerprint density at radius 2 is 2.11 bits per heavy atom. The number of ether oxygens (including phenoxy) is 2. The van der Waals surface area contributed by atoms with Crippen molar-refractivity contribution in [2.75, 3.05) is 14.2 Å². The molecule has 0 amide bonds. The Kier molecular flexibility index (Phi) is 4.13. The summed E-state index contributed by atoms with van der Waals surface area (Å²) in [6, 6.07) is 0. The quantitative estimate of drug-likeness (QED) is 0.321. The number of nitrogens with zero attached hydrogens (tertiary/aromatic N) is 3. The Morgan fingerprint density at radius 1 is 1.44 bits per heavy atom. The van der Waals surface area contributed by atoms with Crippen LogP contribution in [0.1, 0.15) is 0 Å². The lowest BCUT2D eigenvalue weighted by Crippen LogP contribution is -2.14. The van der Waals surface area contributed by atoms with Crippen LogP contribution in [-0.2, 0) is 19.1 Å². The fraction of sp³-hybridized carbons (Fsp3) is 0.222. The van der Waals surface area contributed by atoms with E-state index in [9.17, 15) is 19.7 Å². The fourth-order valence-corrected chi connectivity index (χ4v) is 1.12. The number of aromatic nitrogens is 2. The van der Waals surface area contributed by atoms with Crippen molar-refractivity contribution in [1.29, 1.82) is 0 Å². The second-order valence-electron chi connectivity index (χ2n) is 2.90. The largest absolute Gasteiger partial charge is 0.466 e. The minimum absolute atomic E-state index is 0.367. The number of carbonyl (C=O) groups excluding carboxylic acids is 2. The van der Waals surface area contributed by atoms with Gasteiger partial charge in [-0.25, -0.2) is 9.59 Å². The predicted molar refractivity (Wildman–Crippen MR) is 57.2 cm³/mol. The summed E-state index contributed by atoms with van der Waals surface area (Å²) >= 11 is 0. The first-order valence-electron chi connectivity index (χ1n) is 4.57. The maximum atomic E-state index is 11.5. The smallest absolute Gasteiger partial charge is 0.439 e. The van der Waals surface area contributed by atoms with Crippen LogP contribution >= 0.6 is 0 Å². The van der Waals surface area contributed by atoms with Gasteiger partial charge in [0.15, 0.2) is 5.70 Å². The van der Waals surface area contributed by atoms with E-state index in [0.717, 1.165) is 37.3 Å². The lowest BCUT2D eigenvalue weighted by atomic mass is 10.4. The van der Waals surface area contributed by atoms with Gasteiger partial charge in [0.1, 0.15) is 12.4 Å². The van der Waals surface area contributed by atoms with Crippen LogP contribution in [0.5, 0.6) is 0 Å². The molecular weight excluding hydrogens is 246 g/mol. The highest BCUT2D eigenvalue weighted by Gasteiger charge is 2.25. The van der Waals surface area contributed by atoms with Crippen LogP contribution in [0, 0.1) is 10.1 Å². The van der Waals surface area contributed by atoms with Gasteiger partial charge in [-0.2, -0.15) is 4.57 Å². The van der Waals surface area contributed by atoms with Crippen molar-refractivity contribution >= 4 is 23.6 Å². The normalized spacial score (nSPS) is 10.9. The highest BCUT2D eigenvalue weighted by atomic mass is 16.6. The summed E-state index contributed by atoms with van der Waals surface area (Å²) in [6.07, 6.45) is 3.05. The Hall–Kier alpha value is -2.71. The summed E-state index contributed by atoms with van der Waals surface area (Å²) in [6.45, 7) is 0. The van der Waals surface area contributed by atoms with E-state index in [1.165, 1.54) is 0 Å². The van der Waals surface area contributed by atoms with Gasteiger partial charge >= 0.3 is 17.9 Å². The molecule has 0 N–H and O–H groups in total. The number of hydrogen-bond acceptors (Lipinski definition) is 7. The van der Waals surface area contributed by atoms with Crippen LogP contribution in [-0.4, -0.2) is 40.6 Å². The van der Waals surface area contributed by atoms with Gasteiger partial charge in [-0.05, 0) is 4.92 Å². The molecule has 18 heavy (non-hydrogen) atoms. The van der Waals surface area contributed by atoms with E-state index in [4.69, 9.17) is 0 Å². The lowest BCUT2D eigenvalue weighted by molar-refractivity contribution is -0.395. The highest BCUT2D eigenvalue weighted by molar-refractivity contribution is 6.15. The zero-order valence-corrected chi connectivity index (χ0v) is 9.52. The first-order valence-corrected chi connectivity index (χ1v) is 4.57. The van der Waals surface area contributed by atoms with Gasteiger partial charge in [0.05, 0.1) is 20.3 Å².